The van der Waals surface area contributed by atoms with Gasteiger partial charge in [0.2, 0.25) is 0 Å². The van der Waals surface area contributed by atoms with Crippen LogP contribution in [-0.2, 0) is 9.47 Å². The lowest BCUT2D eigenvalue weighted by atomic mass is 10.1. The Morgan fingerprint density at radius 2 is 2.27 bits per heavy atom. The Kier molecular flexibility index (Phi) is 3.43. The minimum absolute atomic E-state index is 0.138. The van der Waals surface area contributed by atoms with Crippen molar-refractivity contribution >= 4 is 6.09 Å². The van der Waals surface area contributed by atoms with Gasteiger partial charge in [-0.15, -0.1) is 0 Å². The summed E-state index contributed by atoms with van der Waals surface area (Å²) in [7, 11) is 0. The average molecular weight is 214 g/mol. The van der Waals surface area contributed by atoms with Gasteiger partial charge < -0.3 is 20.1 Å². The molecule has 2 aliphatic rings. The maximum absolute atomic E-state index is 11.4. The molecule has 2 atom stereocenters. The number of hydrogen-bond acceptors (Lipinski definition) is 4. The quantitative estimate of drug-likeness (QED) is 0.735. The topological polar surface area (TPSA) is 64.8 Å². The molecule has 0 bridgehead atoms. The van der Waals surface area contributed by atoms with Crippen molar-refractivity contribution in [2.75, 3.05) is 26.2 Å². The molecule has 0 radical (unpaired) electrons. The molecule has 2 heterocycles. The van der Waals surface area contributed by atoms with Gasteiger partial charge in [0.05, 0.1) is 19.2 Å². The monoisotopic (exact) mass is 214 g/mol. The summed E-state index contributed by atoms with van der Waals surface area (Å²) in [6, 6.07) is 0. The van der Waals surface area contributed by atoms with Crippen LogP contribution in [0.3, 0.4) is 0 Å². The summed E-state index contributed by atoms with van der Waals surface area (Å²) >= 11 is 0. The minimum Gasteiger partial charge on any atom is -0.443 e. The first kappa shape index (κ1) is 10.7. The van der Waals surface area contributed by atoms with Gasteiger partial charge in [0.15, 0.2) is 0 Å². The number of carbonyl (C=O) groups excluding carboxylic acids is 1. The second-order valence-electron chi connectivity index (χ2n) is 4.14. The summed E-state index contributed by atoms with van der Waals surface area (Å²) in [5, 5.41) is 0. The third-order valence-corrected chi connectivity index (χ3v) is 2.91. The Morgan fingerprint density at radius 1 is 1.40 bits per heavy atom. The second kappa shape index (κ2) is 4.81. The van der Waals surface area contributed by atoms with Crippen molar-refractivity contribution in [3.8, 4) is 0 Å². The van der Waals surface area contributed by atoms with Gasteiger partial charge >= 0.3 is 6.09 Å². The van der Waals surface area contributed by atoms with Crippen LogP contribution < -0.4 is 5.73 Å². The molecule has 0 aromatic heterocycles. The molecule has 15 heavy (non-hydrogen) atoms. The van der Waals surface area contributed by atoms with Crippen molar-refractivity contribution in [3.05, 3.63) is 0 Å². The van der Waals surface area contributed by atoms with Crippen molar-refractivity contribution in [2.45, 2.75) is 31.5 Å². The van der Waals surface area contributed by atoms with Crippen LogP contribution in [0, 0.1) is 0 Å². The van der Waals surface area contributed by atoms with Crippen LogP contribution in [0.4, 0.5) is 4.79 Å². The predicted molar refractivity (Wildman–Crippen MR) is 54.5 cm³/mol. The first-order valence-corrected chi connectivity index (χ1v) is 5.57. The Bertz CT molecular complexity index is 229. The molecule has 0 spiro atoms. The number of carbonyl (C=O) groups is 1. The van der Waals surface area contributed by atoms with Gasteiger partial charge in [0.25, 0.3) is 0 Å². The van der Waals surface area contributed by atoms with Gasteiger partial charge in [0.1, 0.15) is 6.10 Å². The number of amides is 1. The lowest BCUT2D eigenvalue weighted by Gasteiger charge is -2.25. The van der Waals surface area contributed by atoms with Gasteiger partial charge in [-0.2, -0.15) is 0 Å². The van der Waals surface area contributed by atoms with Crippen LogP contribution in [0.25, 0.3) is 0 Å². The van der Waals surface area contributed by atoms with E-state index in [1.54, 1.807) is 4.90 Å². The molecule has 5 heteroatoms. The molecular formula is C10H18N2O3. The first-order chi connectivity index (χ1) is 7.29. The number of cyclic esters (lactones) is 1. The summed E-state index contributed by atoms with van der Waals surface area (Å²) in [6.07, 6.45) is 3.15. The SMILES string of the molecule is NCC1CN(CC2CCCCO2)C(=O)O1. The van der Waals surface area contributed by atoms with Crippen molar-refractivity contribution in [1.82, 2.24) is 4.90 Å². The Hall–Kier alpha value is -0.810. The predicted octanol–water partition coefficient (Wildman–Crippen LogP) is 0.335. The number of hydrogen-bond donors (Lipinski definition) is 1. The van der Waals surface area contributed by atoms with Gasteiger partial charge in [-0.3, -0.25) is 0 Å². The second-order valence-corrected chi connectivity index (χ2v) is 4.14. The number of rotatable bonds is 3. The first-order valence-electron chi connectivity index (χ1n) is 5.57. The Labute approximate surface area is 89.5 Å². The van der Waals surface area contributed by atoms with Gasteiger partial charge in [-0.25, -0.2) is 4.79 Å². The normalized spacial score (nSPS) is 31.8. The largest absolute Gasteiger partial charge is 0.443 e. The molecule has 86 valence electrons. The summed E-state index contributed by atoms with van der Waals surface area (Å²) < 4.78 is 10.6. The molecular weight excluding hydrogens is 196 g/mol. The summed E-state index contributed by atoms with van der Waals surface area (Å²) in [4.78, 5) is 13.1. The fourth-order valence-corrected chi connectivity index (χ4v) is 2.04. The van der Waals surface area contributed by atoms with Crippen LogP contribution in [0.15, 0.2) is 0 Å². The van der Waals surface area contributed by atoms with E-state index in [2.05, 4.69) is 0 Å². The summed E-state index contributed by atoms with van der Waals surface area (Å²) in [6.45, 7) is 2.46. The molecule has 0 aromatic carbocycles. The molecule has 2 unspecified atom stereocenters. The average Bonchev–Trinajstić information content (AvgIpc) is 2.61. The summed E-state index contributed by atoms with van der Waals surface area (Å²) in [5.74, 6) is 0. The molecule has 0 aliphatic carbocycles. The highest BCUT2D eigenvalue weighted by atomic mass is 16.6. The van der Waals surface area contributed by atoms with Crippen molar-refractivity contribution < 1.29 is 14.3 Å². The van der Waals surface area contributed by atoms with Gasteiger partial charge in [0, 0.05) is 13.2 Å². The fraction of sp³-hybridized carbons (Fsp3) is 0.900. The zero-order chi connectivity index (χ0) is 10.7. The molecule has 2 aliphatic heterocycles. The maximum Gasteiger partial charge on any atom is 0.410 e. The molecule has 5 nitrogen and oxygen atoms in total. The maximum atomic E-state index is 11.4. The molecule has 2 saturated heterocycles. The van der Waals surface area contributed by atoms with Crippen molar-refractivity contribution in [1.29, 1.82) is 0 Å². The van der Waals surface area contributed by atoms with E-state index in [0.717, 1.165) is 19.4 Å². The van der Waals surface area contributed by atoms with Crippen LogP contribution in [-0.4, -0.2) is 49.4 Å². The van der Waals surface area contributed by atoms with Crippen molar-refractivity contribution in [3.63, 3.8) is 0 Å². The standard InChI is InChI=1S/C10H18N2O3/c11-5-9-7-12(10(13)15-9)6-8-3-1-2-4-14-8/h8-9H,1-7,11H2. The number of nitrogens with two attached hydrogens (primary N) is 1. The fourth-order valence-electron chi connectivity index (χ4n) is 2.04. The van der Waals surface area contributed by atoms with Crippen LogP contribution in [0.2, 0.25) is 0 Å². The Morgan fingerprint density at radius 3 is 2.87 bits per heavy atom. The van der Waals surface area contributed by atoms with E-state index in [9.17, 15) is 4.79 Å². The Balaban J connectivity index is 1.81. The highest BCUT2D eigenvalue weighted by Gasteiger charge is 2.32. The van der Waals surface area contributed by atoms with E-state index < -0.39 is 0 Å². The molecule has 2 rings (SSSR count). The van der Waals surface area contributed by atoms with E-state index in [4.69, 9.17) is 15.2 Å². The van der Waals surface area contributed by atoms with Crippen LogP contribution >= 0.6 is 0 Å². The number of nitrogens with zero attached hydrogens (tertiary/aromatic N) is 1. The zero-order valence-electron chi connectivity index (χ0n) is 8.85. The third-order valence-electron chi connectivity index (χ3n) is 2.91. The summed E-state index contributed by atoms with van der Waals surface area (Å²) in [5.41, 5.74) is 5.46. The van der Waals surface area contributed by atoms with E-state index >= 15 is 0 Å². The third kappa shape index (κ3) is 2.60. The van der Waals surface area contributed by atoms with Crippen molar-refractivity contribution in [2.24, 2.45) is 5.73 Å². The minimum atomic E-state index is -0.250. The lowest BCUT2D eigenvalue weighted by molar-refractivity contribution is 0.00223. The van der Waals surface area contributed by atoms with Gasteiger partial charge in [-0.1, -0.05) is 0 Å². The molecule has 0 aromatic rings. The smallest absolute Gasteiger partial charge is 0.410 e. The lowest BCUT2D eigenvalue weighted by Crippen LogP contribution is -2.37. The zero-order valence-corrected chi connectivity index (χ0v) is 8.85. The molecule has 2 fully saturated rings. The van der Waals surface area contributed by atoms with Gasteiger partial charge in [-0.05, 0) is 19.3 Å². The highest BCUT2D eigenvalue weighted by molar-refractivity contribution is 5.69. The highest BCUT2D eigenvalue weighted by Crippen LogP contribution is 2.17. The van der Waals surface area contributed by atoms with Crippen LogP contribution in [0.1, 0.15) is 19.3 Å². The molecule has 0 saturated carbocycles. The van der Waals surface area contributed by atoms with E-state index in [1.807, 2.05) is 0 Å². The molecule has 1 amide bonds. The van der Waals surface area contributed by atoms with E-state index in [-0.39, 0.29) is 18.3 Å². The number of ether oxygens (including phenoxy) is 2. The molecule has 2 N–H and O–H groups in total. The van der Waals surface area contributed by atoms with E-state index in [0.29, 0.717) is 19.6 Å². The van der Waals surface area contributed by atoms with Crippen LogP contribution in [0.5, 0.6) is 0 Å². The van der Waals surface area contributed by atoms with E-state index in [1.165, 1.54) is 6.42 Å².